The molecule has 0 spiro atoms. The maximum Gasteiger partial charge on any atom is 0.282 e. The van der Waals surface area contributed by atoms with Gasteiger partial charge in [-0.25, -0.2) is 0 Å². The monoisotopic (exact) mass is 743 g/mol. The van der Waals surface area contributed by atoms with Crippen molar-refractivity contribution in [2.75, 3.05) is 26.2 Å². The van der Waals surface area contributed by atoms with Crippen molar-refractivity contribution in [3.8, 4) is 5.69 Å². The molecule has 3 aliphatic rings. The maximum absolute atomic E-state index is 13.1. The van der Waals surface area contributed by atoms with E-state index in [-0.39, 0.29) is 16.0 Å². The van der Waals surface area contributed by atoms with E-state index in [4.69, 9.17) is 16.0 Å². The lowest BCUT2D eigenvalue weighted by Crippen LogP contribution is -2.67. The summed E-state index contributed by atoms with van der Waals surface area (Å²) in [5, 5.41) is 3.72. The summed E-state index contributed by atoms with van der Waals surface area (Å²) in [6, 6.07) is 34.8. The molecular formula is C46H54ClN3O2Si. The molecular weight excluding hydrogens is 690 g/mol. The third-order valence-corrected chi connectivity index (χ3v) is 18.2. The Labute approximate surface area is 321 Å². The molecule has 2 aliphatic heterocycles. The summed E-state index contributed by atoms with van der Waals surface area (Å²) in [5.74, 6) is 2.71. The van der Waals surface area contributed by atoms with Crippen LogP contribution in [-0.2, 0) is 9.84 Å². The number of aromatic nitrogens is 2. The molecule has 4 aromatic carbocycles. The number of halogens is 1. The van der Waals surface area contributed by atoms with Crippen LogP contribution < -0.4 is 15.9 Å². The van der Waals surface area contributed by atoms with Crippen LogP contribution in [0, 0.1) is 11.8 Å². The number of hydrogen-bond donors (Lipinski definition) is 0. The van der Waals surface area contributed by atoms with Crippen molar-refractivity contribution in [1.82, 2.24) is 14.5 Å². The van der Waals surface area contributed by atoms with E-state index in [0.717, 1.165) is 42.6 Å². The minimum absolute atomic E-state index is 0.0142. The molecule has 5 nitrogen and oxygen atoms in total. The normalized spacial score (nSPS) is 20.7. The summed E-state index contributed by atoms with van der Waals surface area (Å²) in [6.07, 6.45) is 7.45. The molecule has 0 bridgehead atoms. The summed E-state index contributed by atoms with van der Waals surface area (Å²) < 4.78 is 9.53. The van der Waals surface area contributed by atoms with Gasteiger partial charge in [0, 0.05) is 13.2 Å². The lowest BCUT2D eigenvalue weighted by Gasteiger charge is -2.44. The molecule has 0 radical (unpaired) electrons. The largest absolute Gasteiger partial charge is 0.407 e. The summed E-state index contributed by atoms with van der Waals surface area (Å²) >= 11 is 6.53. The van der Waals surface area contributed by atoms with E-state index in [1.165, 1.54) is 66.6 Å². The Balaban J connectivity index is 0.898. The Hall–Kier alpha value is -3.55. The van der Waals surface area contributed by atoms with E-state index in [0.29, 0.717) is 22.2 Å². The zero-order valence-corrected chi connectivity index (χ0v) is 33.8. The summed E-state index contributed by atoms with van der Waals surface area (Å²) in [6.45, 7) is 15.8. The van der Waals surface area contributed by atoms with Gasteiger partial charge in [0.25, 0.3) is 13.9 Å². The van der Waals surface area contributed by atoms with Crippen molar-refractivity contribution < 1.29 is 4.43 Å². The van der Waals surface area contributed by atoms with Gasteiger partial charge in [0.1, 0.15) is 5.82 Å². The molecule has 1 aliphatic carbocycles. The summed E-state index contributed by atoms with van der Waals surface area (Å²) in [7, 11) is -2.50. The minimum Gasteiger partial charge on any atom is -0.407 e. The number of piperidine rings is 1. The summed E-state index contributed by atoms with van der Waals surface area (Å²) in [4.78, 5) is 20.4. The van der Waals surface area contributed by atoms with Gasteiger partial charge in [0.15, 0.2) is 0 Å². The van der Waals surface area contributed by atoms with Crippen LogP contribution in [0.15, 0.2) is 102 Å². The van der Waals surface area contributed by atoms with Crippen LogP contribution in [0.2, 0.25) is 10.1 Å². The second kappa shape index (κ2) is 14.3. The molecule has 1 aromatic heterocycles. The molecule has 0 unspecified atom stereocenters. The number of rotatable bonds is 8. The van der Waals surface area contributed by atoms with E-state index >= 15 is 0 Å². The minimum atomic E-state index is -2.50. The van der Waals surface area contributed by atoms with Gasteiger partial charge in [-0.05, 0) is 128 Å². The van der Waals surface area contributed by atoms with Crippen molar-refractivity contribution in [3.63, 3.8) is 0 Å². The Bertz CT molecular complexity index is 2100. The van der Waals surface area contributed by atoms with Gasteiger partial charge in [0.05, 0.1) is 27.0 Å². The van der Waals surface area contributed by atoms with Crippen molar-refractivity contribution in [1.29, 1.82) is 0 Å². The fraction of sp³-hybridized carbons (Fsp3) is 0.435. The first-order chi connectivity index (χ1) is 25.5. The predicted octanol–water partition coefficient (Wildman–Crippen LogP) is 9.24. The van der Waals surface area contributed by atoms with Crippen LogP contribution in [0.5, 0.6) is 0 Å². The Morgan fingerprint density at radius 1 is 0.811 bits per heavy atom. The molecule has 53 heavy (non-hydrogen) atoms. The molecule has 3 heterocycles. The zero-order chi connectivity index (χ0) is 37.0. The Kier molecular flexibility index (Phi) is 9.80. The Morgan fingerprint density at radius 2 is 1.43 bits per heavy atom. The number of likely N-dealkylation sites (tertiary alicyclic amines) is 1. The standard InChI is InChI=1S/C46H54ClN3O2Si/c1-45(2,3)53(36-13-8-6-9-14-36,37-15-10-7-11-16-37)52-31-33-21-19-32(20-22-33)30-49-27-25-34(26-28-49)35-23-24-38-41(29-35)50-40-18-12-17-39(47)42(40)43(51)48-44(50)46(38,4)5/h6-18,23-24,29,32-34H,19-22,25-28,30-31H2,1-5H3. The fourth-order valence-corrected chi connectivity index (χ4v) is 14.8. The molecule has 1 saturated carbocycles. The van der Waals surface area contributed by atoms with E-state index in [1.807, 2.05) is 12.1 Å². The SMILES string of the molecule is CC1(C)c2ccc(C3CCN(CC4CCC(CO[Si](c5ccccc5)(c5ccccc5)C(C)(C)C)CC4)CC3)cc2-n2c1nc(=O)c1c(Cl)cccc12. The lowest BCUT2D eigenvalue weighted by molar-refractivity contribution is 0.130. The molecule has 0 amide bonds. The molecule has 276 valence electrons. The van der Waals surface area contributed by atoms with E-state index in [1.54, 1.807) is 6.07 Å². The molecule has 0 atom stereocenters. The smallest absolute Gasteiger partial charge is 0.282 e. The molecule has 1 saturated heterocycles. The highest BCUT2D eigenvalue weighted by atomic mass is 35.5. The number of benzene rings is 4. The third kappa shape index (κ3) is 6.54. The highest BCUT2D eigenvalue weighted by Crippen LogP contribution is 2.45. The van der Waals surface area contributed by atoms with E-state index in [9.17, 15) is 4.79 Å². The van der Waals surface area contributed by atoms with Crippen LogP contribution in [0.1, 0.15) is 96.0 Å². The number of fused-ring (bicyclic) bond motifs is 5. The Morgan fingerprint density at radius 3 is 2.06 bits per heavy atom. The highest BCUT2D eigenvalue weighted by molar-refractivity contribution is 6.99. The zero-order valence-electron chi connectivity index (χ0n) is 32.1. The molecule has 0 N–H and O–H groups in total. The van der Waals surface area contributed by atoms with Crippen LogP contribution in [0.3, 0.4) is 0 Å². The molecule has 2 fully saturated rings. The first kappa shape index (κ1) is 36.4. The van der Waals surface area contributed by atoms with Crippen molar-refractivity contribution >= 4 is 41.2 Å². The van der Waals surface area contributed by atoms with Crippen LogP contribution in [0.25, 0.3) is 16.6 Å². The van der Waals surface area contributed by atoms with Crippen LogP contribution in [0.4, 0.5) is 0 Å². The molecule has 7 heteroatoms. The van der Waals surface area contributed by atoms with Gasteiger partial charge in [-0.15, -0.1) is 0 Å². The van der Waals surface area contributed by atoms with E-state index in [2.05, 4.69) is 128 Å². The molecule has 5 aromatic rings. The predicted molar refractivity (Wildman–Crippen MR) is 222 cm³/mol. The van der Waals surface area contributed by atoms with Crippen molar-refractivity contribution in [2.45, 2.75) is 89.5 Å². The average Bonchev–Trinajstić information content (AvgIpc) is 3.38. The molecule has 8 rings (SSSR count). The third-order valence-electron chi connectivity index (χ3n) is 12.9. The second-order valence-electron chi connectivity index (χ2n) is 17.5. The highest BCUT2D eigenvalue weighted by Gasteiger charge is 2.50. The van der Waals surface area contributed by atoms with Gasteiger partial charge in [-0.2, -0.15) is 4.98 Å². The average molecular weight is 744 g/mol. The van der Waals surface area contributed by atoms with Crippen molar-refractivity contribution in [3.05, 3.63) is 129 Å². The van der Waals surface area contributed by atoms with Crippen molar-refractivity contribution in [2.24, 2.45) is 11.8 Å². The summed E-state index contributed by atoms with van der Waals surface area (Å²) in [5.41, 5.74) is 3.98. The van der Waals surface area contributed by atoms with Gasteiger partial charge >= 0.3 is 0 Å². The second-order valence-corrected chi connectivity index (χ2v) is 22.3. The topological polar surface area (TPSA) is 47.4 Å². The maximum atomic E-state index is 13.1. The van der Waals surface area contributed by atoms with Gasteiger partial charge in [0.2, 0.25) is 0 Å². The number of nitrogens with zero attached hydrogens (tertiary/aromatic N) is 3. The van der Waals surface area contributed by atoms with Gasteiger partial charge < -0.3 is 9.33 Å². The van der Waals surface area contributed by atoms with Crippen LogP contribution >= 0.6 is 11.6 Å². The van der Waals surface area contributed by atoms with Gasteiger partial charge in [-0.1, -0.05) is 111 Å². The first-order valence-electron chi connectivity index (χ1n) is 19.8. The first-order valence-corrected chi connectivity index (χ1v) is 22.1. The van der Waals surface area contributed by atoms with E-state index < -0.39 is 8.32 Å². The fourth-order valence-electron chi connectivity index (χ4n) is 9.93. The quantitative estimate of drug-likeness (QED) is 0.149. The van der Waals surface area contributed by atoms with Crippen LogP contribution in [-0.4, -0.2) is 49.0 Å². The number of hydrogen-bond acceptors (Lipinski definition) is 4. The van der Waals surface area contributed by atoms with Gasteiger partial charge in [-0.3, -0.25) is 9.36 Å². The lowest BCUT2D eigenvalue weighted by atomic mass is 9.81.